The normalized spacial score (nSPS) is 15.0. The Morgan fingerprint density at radius 2 is 2.27 bits per heavy atom. The number of phenols is 1. The number of aromatic hydroxyl groups is 1. The van der Waals surface area contributed by atoms with E-state index in [4.69, 9.17) is 0 Å². The molecule has 0 aliphatic carbocycles. The Morgan fingerprint density at radius 1 is 1.45 bits per heavy atom. The van der Waals surface area contributed by atoms with E-state index < -0.39 is 0 Å². The molecule has 0 radical (unpaired) electrons. The quantitative estimate of drug-likeness (QED) is 0.637. The third kappa shape index (κ3) is 1.17. The van der Waals surface area contributed by atoms with Gasteiger partial charge in [-0.1, -0.05) is 0 Å². The number of fused-ring (bicyclic) bond motifs is 1. The van der Waals surface area contributed by atoms with Crippen LogP contribution in [-0.4, -0.2) is 20.1 Å². The van der Waals surface area contributed by atoms with Gasteiger partial charge in [-0.05, 0) is 0 Å². The first-order chi connectivity index (χ1) is 5.27. The molecule has 2 heteroatoms. The fourth-order valence-corrected chi connectivity index (χ4v) is 3.72. The molecular formula is C9H10OSe. The summed E-state index contributed by atoms with van der Waals surface area (Å²) in [6.45, 7) is 1.96. The van der Waals surface area contributed by atoms with Gasteiger partial charge in [0.05, 0.1) is 0 Å². The third-order valence-electron chi connectivity index (χ3n) is 2.01. The summed E-state index contributed by atoms with van der Waals surface area (Å²) in [6.07, 6.45) is 1.17. The standard InChI is InChI=1S/C9H10OSe/c1-6-4-9-7(2-3-11-9)5-8(6)10/h4-5,10H,2-3H2,1H3. The van der Waals surface area contributed by atoms with Gasteiger partial charge in [0.1, 0.15) is 0 Å². The summed E-state index contributed by atoms with van der Waals surface area (Å²) in [5.41, 5.74) is 2.39. The van der Waals surface area contributed by atoms with Crippen LogP contribution in [0.5, 0.6) is 5.75 Å². The van der Waals surface area contributed by atoms with E-state index in [1.54, 1.807) is 0 Å². The van der Waals surface area contributed by atoms with Gasteiger partial charge < -0.3 is 0 Å². The number of benzene rings is 1. The Bertz CT molecular complexity index is 265. The van der Waals surface area contributed by atoms with E-state index in [-0.39, 0.29) is 0 Å². The molecule has 0 bridgehead atoms. The summed E-state index contributed by atoms with van der Waals surface area (Å²) in [4.78, 5) is 0. The van der Waals surface area contributed by atoms with E-state index in [2.05, 4.69) is 6.07 Å². The molecule has 0 aromatic heterocycles. The molecule has 1 nitrogen and oxygen atoms in total. The van der Waals surface area contributed by atoms with Crippen LogP contribution in [0.2, 0.25) is 5.32 Å². The van der Waals surface area contributed by atoms with E-state index in [9.17, 15) is 5.11 Å². The molecular weight excluding hydrogens is 203 g/mol. The number of phenolic OH excluding ortho intramolecular Hbond substituents is 1. The second kappa shape index (κ2) is 2.54. The summed E-state index contributed by atoms with van der Waals surface area (Å²) in [7, 11) is 0. The van der Waals surface area contributed by atoms with Gasteiger partial charge in [-0.2, -0.15) is 0 Å². The van der Waals surface area contributed by atoms with Crippen LogP contribution < -0.4 is 4.46 Å². The maximum absolute atomic E-state index is 9.39. The van der Waals surface area contributed by atoms with E-state index in [0.29, 0.717) is 20.7 Å². The van der Waals surface area contributed by atoms with E-state index in [1.807, 2.05) is 13.0 Å². The fourth-order valence-electron chi connectivity index (χ4n) is 1.31. The zero-order valence-corrected chi connectivity index (χ0v) is 8.14. The van der Waals surface area contributed by atoms with Crippen molar-refractivity contribution in [2.24, 2.45) is 0 Å². The Hall–Kier alpha value is -0.461. The Morgan fingerprint density at radius 3 is 3.09 bits per heavy atom. The van der Waals surface area contributed by atoms with Crippen molar-refractivity contribution in [1.29, 1.82) is 0 Å². The molecule has 0 unspecified atom stereocenters. The zero-order valence-electron chi connectivity index (χ0n) is 6.42. The van der Waals surface area contributed by atoms with Gasteiger partial charge in [-0.25, -0.2) is 0 Å². The predicted molar refractivity (Wildman–Crippen MR) is 46.7 cm³/mol. The molecule has 11 heavy (non-hydrogen) atoms. The minimum absolute atomic E-state index is 0.460. The molecule has 0 atom stereocenters. The number of hydrogen-bond donors (Lipinski definition) is 1. The number of rotatable bonds is 0. The minimum atomic E-state index is 0.460. The number of aryl methyl sites for hydroxylation is 2. The SMILES string of the molecule is Cc1cc2c(cc1O)CC[Se]2. The van der Waals surface area contributed by atoms with Gasteiger partial charge >= 0.3 is 72.2 Å². The van der Waals surface area contributed by atoms with Crippen LogP contribution in [0.25, 0.3) is 0 Å². The molecule has 0 saturated carbocycles. The van der Waals surface area contributed by atoms with E-state index >= 15 is 0 Å². The topological polar surface area (TPSA) is 20.2 Å². The van der Waals surface area contributed by atoms with Crippen LogP contribution in [-0.2, 0) is 6.42 Å². The van der Waals surface area contributed by atoms with Crippen LogP contribution in [0, 0.1) is 6.92 Å². The van der Waals surface area contributed by atoms with Crippen LogP contribution in [0.15, 0.2) is 12.1 Å². The summed E-state index contributed by atoms with van der Waals surface area (Å²) >= 11 is 0.674. The Labute approximate surface area is 72.6 Å². The molecule has 0 amide bonds. The van der Waals surface area contributed by atoms with Crippen molar-refractivity contribution in [1.82, 2.24) is 0 Å². The van der Waals surface area contributed by atoms with Crippen molar-refractivity contribution in [2.45, 2.75) is 18.7 Å². The summed E-state index contributed by atoms with van der Waals surface area (Å²) in [5, 5.41) is 10.7. The Kier molecular flexibility index (Phi) is 1.67. The summed E-state index contributed by atoms with van der Waals surface area (Å²) in [6, 6.07) is 4.07. The van der Waals surface area contributed by atoms with Crippen LogP contribution in [0.3, 0.4) is 0 Å². The first-order valence-electron chi connectivity index (χ1n) is 3.72. The Balaban J connectivity index is 2.57. The molecule has 1 aliphatic rings. The molecule has 0 spiro atoms. The molecule has 58 valence electrons. The average Bonchev–Trinajstić information content (AvgIpc) is 2.36. The van der Waals surface area contributed by atoms with Crippen LogP contribution >= 0.6 is 0 Å². The van der Waals surface area contributed by atoms with Gasteiger partial charge in [0, 0.05) is 0 Å². The van der Waals surface area contributed by atoms with Gasteiger partial charge in [-0.15, -0.1) is 0 Å². The van der Waals surface area contributed by atoms with Crippen molar-refractivity contribution in [3.05, 3.63) is 23.3 Å². The van der Waals surface area contributed by atoms with Crippen molar-refractivity contribution >= 4 is 19.4 Å². The van der Waals surface area contributed by atoms with Crippen LogP contribution in [0.1, 0.15) is 11.1 Å². The third-order valence-corrected chi connectivity index (χ3v) is 4.31. The molecule has 1 N–H and O–H groups in total. The van der Waals surface area contributed by atoms with Crippen LogP contribution in [0.4, 0.5) is 0 Å². The zero-order chi connectivity index (χ0) is 7.84. The van der Waals surface area contributed by atoms with Gasteiger partial charge in [0.25, 0.3) is 0 Å². The summed E-state index contributed by atoms with van der Waals surface area (Å²) < 4.78 is 1.49. The molecule has 1 heterocycles. The first-order valence-corrected chi connectivity index (χ1v) is 5.79. The molecule has 1 aromatic rings. The predicted octanol–water partition coefficient (Wildman–Crippen LogP) is 1.00. The van der Waals surface area contributed by atoms with Crippen molar-refractivity contribution < 1.29 is 5.11 Å². The van der Waals surface area contributed by atoms with Gasteiger partial charge in [0.15, 0.2) is 0 Å². The van der Waals surface area contributed by atoms with Crippen molar-refractivity contribution in [3.63, 3.8) is 0 Å². The van der Waals surface area contributed by atoms with E-state index in [0.717, 1.165) is 5.56 Å². The molecule has 0 fully saturated rings. The first kappa shape index (κ1) is 7.20. The number of hydrogen-bond acceptors (Lipinski definition) is 1. The van der Waals surface area contributed by atoms with Crippen molar-refractivity contribution in [3.8, 4) is 5.75 Å². The van der Waals surface area contributed by atoms with Gasteiger partial charge in [0.2, 0.25) is 0 Å². The average molecular weight is 213 g/mol. The summed E-state index contributed by atoms with van der Waals surface area (Å²) in [5.74, 6) is 0.460. The second-order valence-corrected chi connectivity index (χ2v) is 5.23. The van der Waals surface area contributed by atoms with Crippen molar-refractivity contribution in [2.75, 3.05) is 0 Å². The molecule has 1 aliphatic heterocycles. The second-order valence-electron chi connectivity index (χ2n) is 2.84. The molecule has 0 saturated heterocycles. The maximum atomic E-state index is 9.39. The van der Waals surface area contributed by atoms with E-state index in [1.165, 1.54) is 21.8 Å². The van der Waals surface area contributed by atoms with Gasteiger partial charge in [-0.3, -0.25) is 0 Å². The molecule has 2 rings (SSSR count). The fraction of sp³-hybridized carbons (Fsp3) is 0.333. The monoisotopic (exact) mass is 214 g/mol. The molecule has 1 aromatic carbocycles.